The number of aryl methyl sites for hydroxylation is 2. The zero-order valence-corrected chi connectivity index (χ0v) is 25.5. The summed E-state index contributed by atoms with van der Waals surface area (Å²) in [6.45, 7) is 14.5. The van der Waals surface area contributed by atoms with Crippen molar-refractivity contribution in [3.63, 3.8) is 0 Å². The molecule has 0 atom stereocenters. The number of amides is 1. The third kappa shape index (κ3) is 8.52. The summed E-state index contributed by atoms with van der Waals surface area (Å²) in [7, 11) is 0. The Morgan fingerprint density at radius 1 is 0.977 bits per heavy atom. The monoisotopic (exact) mass is 590 g/mol. The number of anilines is 2. The van der Waals surface area contributed by atoms with E-state index in [9.17, 15) is 14.7 Å². The number of carboxylic acid groups (broad SMARTS) is 1. The quantitative estimate of drug-likeness (QED) is 0.167. The number of hydrazone groups is 2. The van der Waals surface area contributed by atoms with Gasteiger partial charge in [-0.15, -0.1) is 0 Å². The zero-order valence-electron chi connectivity index (χ0n) is 25.5. The lowest BCUT2D eigenvalue weighted by atomic mass is 10.1. The fraction of sp³-hybridized carbons (Fsp3) is 0.375. The van der Waals surface area contributed by atoms with Crippen LogP contribution in [0.25, 0.3) is 11.3 Å². The maximum absolute atomic E-state index is 13.0. The van der Waals surface area contributed by atoms with Crippen molar-refractivity contribution in [3.05, 3.63) is 65.4 Å². The minimum Gasteiger partial charge on any atom is -0.505 e. The number of para-hydroxylation sites is 1. The molecule has 5 rings (SSSR count). The predicted molar refractivity (Wildman–Crippen MR) is 171 cm³/mol. The molecule has 11 heteroatoms. The van der Waals surface area contributed by atoms with E-state index >= 15 is 0 Å². The number of benzene rings is 2. The fourth-order valence-corrected chi connectivity index (χ4v) is 4.54. The van der Waals surface area contributed by atoms with Crippen LogP contribution in [0.5, 0.6) is 5.75 Å². The van der Waals surface area contributed by atoms with Crippen LogP contribution in [0.3, 0.4) is 0 Å². The number of hydrogen-bond acceptors (Lipinski definition) is 9. The Bertz CT molecular complexity index is 1450. The van der Waals surface area contributed by atoms with Crippen molar-refractivity contribution >= 4 is 34.7 Å². The predicted octanol–water partition coefficient (Wildman–Crippen LogP) is 5.26. The topological polar surface area (TPSA) is 152 Å². The maximum Gasteiger partial charge on any atom is 0.371 e. The molecule has 1 aliphatic heterocycles. The van der Waals surface area contributed by atoms with Gasteiger partial charge in [0.05, 0.1) is 22.6 Å². The Morgan fingerprint density at radius 3 is 2.26 bits per heavy atom. The molecule has 3 aromatic rings. The second-order valence-corrected chi connectivity index (χ2v) is 9.77. The van der Waals surface area contributed by atoms with Gasteiger partial charge in [0.25, 0.3) is 0 Å². The van der Waals surface area contributed by atoms with Crippen LogP contribution in [-0.2, 0) is 17.6 Å². The van der Waals surface area contributed by atoms with Gasteiger partial charge in [0.2, 0.25) is 5.76 Å². The van der Waals surface area contributed by atoms with Gasteiger partial charge in [-0.1, -0.05) is 39.8 Å². The van der Waals surface area contributed by atoms with Crippen LogP contribution in [0.2, 0.25) is 0 Å². The van der Waals surface area contributed by atoms with E-state index in [0.29, 0.717) is 11.4 Å². The molecule has 5 N–H and O–H groups in total. The van der Waals surface area contributed by atoms with Gasteiger partial charge in [-0.3, -0.25) is 10.2 Å². The molecule has 0 spiro atoms. The number of carbonyl (C=O) groups excluding carboxylic acids is 1. The van der Waals surface area contributed by atoms with Crippen molar-refractivity contribution in [1.82, 2.24) is 10.6 Å². The summed E-state index contributed by atoms with van der Waals surface area (Å²) >= 11 is 0. The summed E-state index contributed by atoms with van der Waals surface area (Å²) in [6.07, 6.45) is 3.17. The Balaban J connectivity index is 0.000000440. The number of phenolic OH excluding ortho intramolecular Hbond substituents is 1. The number of aromatic hydroxyl groups is 1. The molecule has 2 aliphatic rings. The second kappa shape index (κ2) is 16.2. The summed E-state index contributed by atoms with van der Waals surface area (Å²) in [5.41, 5.74) is 7.06. The molecule has 0 saturated carbocycles. The number of nitrogens with zero attached hydrogens (tertiary/aromatic N) is 3. The first-order valence-electron chi connectivity index (χ1n) is 14.7. The van der Waals surface area contributed by atoms with Gasteiger partial charge in [-0.2, -0.15) is 15.2 Å². The van der Waals surface area contributed by atoms with Gasteiger partial charge in [0, 0.05) is 0 Å². The number of furan rings is 1. The van der Waals surface area contributed by atoms with Gasteiger partial charge in [-0.25, -0.2) is 4.79 Å². The fourth-order valence-electron chi connectivity index (χ4n) is 4.54. The first-order valence-corrected chi connectivity index (χ1v) is 14.7. The zero-order chi connectivity index (χ0) is 31.4. The molecule has 1 amide bonds. The van der Waals surface area contributed by atoms with E-state index in [1.165, 1.54) is 28.3 Å². The second-order valence-electron chi connectivity index (χ2n) is 9.77. The highest BCUT2D eigenvalue weighted by Crippen LogP contribution is 2.36. The number of aromatic carboxylic acids is 1. The Morgan fingerprint density at radius 2 is 1.65 bits per heavy atom. The van der Waals surface area contributed by atoms with Crippen molar-refractivity contribution in [3.8, 4) is 17.1 Å². The van der Waals surface area contributed by atoms with E-state index in [1.807, 2.05) is 18.2 Å². The number of fused-ring (bicyclic) bond motifs is 1. The molecule has 0 fully saturated rings. The van der Waals surface area contributed by atoms with Crippen molar-refractivity contribution < 1.29 is 24.2 Å². The lowest BCUT2D eigenvalue weighted by Crippen LogP contribution is -2.28. The van der Waals surface area contributed by atoms with Gasteiger partial charge >= 0.3 is 11.9 Å². The number of nitrogens with one attached hydrogen (secondary N) is 3. The van der Waals surface area contributed by atoms with E-state index < -0.39 is 5.97 Å². The van der Waals surface area contributed by atoms with Gasteiger partial charge in [-0.05, 0) is 99.9 Å². The highest BCUT2D eigenvalue weighted by Gasteiger charge is 2.31. The van der Waals surface area contributed by atoms with Crippen LogP contribution in [0.4, 0.5) is 11.4 Å². The number of phenols is 1. The average Bonchev–Trinajstić information content (AvgIpc) is 3.73. The molecule has 0 unspecified atom stereocenters. The van der Waals surface area contributed by atoms with E-state index in [0.717, 1.165) is 45.4 Å². The number of carbonyl (C=O) groups is 2. The smallest absolute Gasteiger partial charge is 0.371 e. The van der Waals surface area contributed by atoms with Crippen molar-refractivity contribution in [1.29, 1.82) is 0 Å². The van der Waals surface area contributed by atoms with E-state index in [4.69, 9.17) is 9.52 Å². The molecule has 43 heavy (non-hydrogen) atoms. The normalized spacial score (nSPS) is 14.4. The summed E-state index contributed by atoms with van der Waals surface area (Å²) in [5.74, 6) is -1.81. The summed E-state index contributed by atoms with van der Waals surface area (Å²) in [6, 6.07) is 13.5. The first-order chi connectivity index (χ1) is 20.7. The largest absolute Gasteiger partial charge is 0.505 e. The minimum atomic E-state index is -1.20. The van der Waals surface area contributed by atoms with Crippen molar-refractivity contribution in [2.75, 3.05) is 36.6 Å². The highest BCUT2D eigenvalue weighted by molar-refractivity contribution is 6.71. The molecule has 1 aromatic heterocycles. The van der Waals surface area contributed by atoms with Crippen LogP contribution in [0, 0.1) is 0 Å². The molecule has 2 heterocycles. The molecule has 230 valence electrons. The number of rotatable bonds is 9. The first kappa shape index (κ1) is 33.0. The summed E-state index contributed by atoms with van der Waals surface area (Å²) < 4.78 is 5.27. The van der Waals surface area contributed by atoms with Gasteiger partial charge in [0.1, 0.15) is 5.76 Å². The lowest BCUT2D eigenvalue weighted by Gasteiger charge is -2.13. The SMILES string of the molecule is CC1=NN(c2ccc3c(c2)CCC3)C(=O)/C1=N\Nc1cccc(-c2ccc(C(=O)O)o2)c1O.CCNCC.CCNCC. The average molecular weight is 591 g/mol. The molecule has 11 nitrogen and oxygen atoms in total. The Hall–Kier alpha value is -4.48. The highest BCUT2D eigenvalue weighted by atomic mass is 16.4. The number of hydrogen-bond donors (Lipinski definition) is 5. The molecule has 0 saturated heterocycles. The minimum absolute atomic E-state index is 0.131. The lowest BCUT2D eigenvalue weighted by molar-refractivity contribution is -0.112. The van der Waals surface area contributed by atoms with E-state index in [1.54, 1.807) is 25.1 Å². The van der Waals surface area contributed by atoms with Crippen LogP contribution in [0.1, 0.15) is 62.7 Å². The molecule has 1 aliphatic carbocycles. The third-order valence-electron chi connectivity index (χ3n) is 6.72. The maximum atomic E-state index is 13.0. The van der Waals surface area contributed by atoms with Crippen molar-refractivity contribution in [2.24, 2.45) is 10.2 Å². The van der Waals surface area contributed by atoms with Crippen LogP contribution in [0.15, 0.2) is 63.2 Å². The standard InChI is InChI=1S/C24H20N4O5.2C4H11N/c1-13-21(23(30)28(27-13)16-9-8-14-4-2-5-15(14)12-16)26-25-18-7-3-6-17(22(18)29)19-10-11-20(33-19)24(31)32;2*1-3-5-4-2/h3,6-12,25,29H,2,4-5H2,1H3,(H,31,32);2*5H,3-4H2,1-2H3/b26-21-;;. The molecular weight excluding hydrogens is 548 g/mol. The molecular formula is C32H42N6O5. The van der Waals surface area contributed by atoms with Crippen LogP contribution >= 0.6 is 0 Å². The number of carboxylic acids is 1. The van der Waals surface area contributed by atoms with Crippen LogP contribution < -0.4 is 21.1 Å². The van der Waals surface area contributed by atoms with E-state index in [-0.39, 0.29) is 40.1 Å². The molecule has 2 aromatic carbocycles. The van der Waals surface area contributed by atoms with Crippen LogP contribution in [-0.4, -0.2) is 59.7 Å². The van der Waals surface area contributed by atoms with Gasteiger partial charge in [0.15, 0.2) is 11.5 Å². The van der Waals surface area contributed by atoms with Crippen molar-refractivity contribution in [2.45, 2.75) is 53.9 Å². The molecule has 0 bridgehead atoms. The Labute approximate surface area is 252 Å². The van der Waals surface area contributed by atoms with E-state index in [2.05, 4.69) is 54.0 Å². The molecule has 0 radical (unpaired) electrons. The summed E-state index contributed by atoms with van der Waals surface area (Å²) in [4.78, 5) is 24.0. The Kier molecular flexibility index (Phi) is 12.5. The summed E-state index contributed by atoms with van der Waals surface area (Å²) in [5, 5.41) is 35.8. The third-order valence-corrected chi connectivity index (χ3v) is 6.72. The van der Waals surface area contributed by atoms with Gasteiger partial charge < -0.3 is 25.3 Å².